The fraction of sp³-hybridized carbons (Fsp3) is 0.136. The second kappa shape index (κ2) is 8.90. The van der Waals surface area contributed by atoms with Crippen LogP contribution in [0.2, 0.25) is 0 Å². The summed E-state index contributed by atoms with van der Waals surface area (Å²) in [5.74, 6) is -0.907. The maximum absolute atomic E-state index is 13.2. The number of benzene rings is 2. The largest absolute Gasteiger partial charge is 0.341 e. The lowest BCUT2D eigenvalue weighted by Gasteiger charge is -2.17. The topological polar surface area (TPSA) is 62.3 Å². The number of aromatic nitrogens is 1. The molecule has 2 aromatic carbocycles. The summed E-state index contributed by atoms with van der Waals surface area (Å²) in [6, 6.07) is 15.9. The molecular formula is C22H20FN3O2. The Morgan fingerprint density at radius 2 is 1.68 bits per heavy atom. The van der Waals surface area contributed by atoms with Crippen molar-refractivity contribution in [2.75, 3.05) is 18.9 Å². The highest BCUT2D eigenvalue weighted by molar-refractivity contribution is 6.05. The Labute approximate surface area is 162 Å². The molecule has 3 aromatic rings. The first-order chi connectivity index (χ1) is 13.5. The molecule has 0 unspecified atom stereocenters. The number of carbonyl (C=O) groups is 2. The Hall–Kier alpha value is -3.54. The van der Waals surface area contributed by atoms with Gasteiger partial charge in [0, 0.05) is 42.8 Å². The highest BCUT2D eigenvalue weighted by Gasteiger charge is 2.13. The summed E-state index contributed by atoms with van der Waals surface area (Å²) in [6.45, 7) is 0.574. The van der Waals surface area contributed by atoms with Crippen molar-refractivity contribution >= 4 is 17.5 Å². The van der Waals surface area contributed by atoms with Crippen molar-refractivity contribution in [2.24, 2.45) is 0 Å². The van der Waals surface area contributed by atoms with Gasteiger partial charge >= 0.3 is 0 Å². The fourth-order valence-electron chi connectivity index (χ4n) is 2.70. The predicted octanol–water partition coefficient (Wildman–Crippen LogP) is 3.79. The molecule has 0 saturated heterocycles. The summed E-state index contributed by atoms with van der Waals surface area (Å²) in [6.07, 6.45) is 4.19. The van der Waals surface area contributed by atoms with Crippen molar-refractivity contribution in [2.45, 2.75) is 6.42 Å². The van der Waals surface area contributed by atoms with Crippen LogP contribution in [-0.2, 0) is 6.42 Å². The number of anilines is 1. The molecule has 0 saturated carbocycles. The van der Waals surface area contributed by atoms with Crippen LogP contribution in [0.4, 0.5) is 10.1 Å². The van der Waals surface area contributed by atoms with E-state index in [0.29, 0.717) is 23.4 Å². The average molecular weight is 377 g/mol. The summed E-state index contributed by atoms with van der Waals surface area (Å²) in [5, 5.41) is 2.63. The maximum atomic E-state index is 13.2. The molecule has 0 fully saturated rings. The zero-order valence-electron chi connectivity index (χ0n) is 15.4. The predicted molar refractivity (Wildman–Crippen MR) is 106 cm³/mol. The van der Waals surface area contributed by atoms with Crippen molar-refractivity contribution in [3.63, 3.8) is 0 Å². The van der Waals surface area contributed by atoms with Gasteiger partial charge in [0.2, 0.25) is 0 Å². The molecular weight excluding hydrogens is 357 g/mol. The Morgan fingerprint density at radius 1 is 1.00 bits per heavy atom. The number of amides is 2. The van der Waals surface area contributed by atoms with Crippen molar-refractivity contribution in [1.82, 2.24) is 9.88 Å². The monoisotopic (exact) mass is 377 g/mol. The second-order valence-electron chi connectivity index (χ2n) is 6.37. The SMILES string of the molecule is CN(CCc1ccncc1)C(=O)c1ccc(C(=O)Nc2cccc(F)c2)cc1. The van der Waals surface area contributed by atoms with Crippen LogP contribution in [-0.4, -0.2) is 35.3 Å². The van der Waals surface area contributed by atoms with Gasteiger partial charge in [-0.2, -0.15) is 0 Å². The zero-order valence-corrected chi connectivity index (χ0v) is 15.4. The van der Waals surface area contributed by atoms with E-state index < -0.39 is 5.82 Å². The summed E-state index contributed by atoms with van der Waals surface area (Å²) in [4.78, 5) is 30.4. The molecule has 2 amide bonds. The fourth-order valence-corrected chi connectivity index (χ4v) is 2.70. The quantitative estimate of drug-likeness (QED) is 0.711. The van der Waals surface area contributed by atoms with Gasteiger partial charge in [-0.15, -0.1) is 0 Å². The molecule has 0 aliphatic rings. The number of carbonyl (C=O) groups excluding carboxylic acids is 2. The Bertz CT molecular complexity index is 959. The van der Waals surface area contributed by atoms with Gasteiger partial charge in [-0.3, -0.25) is 14.6 Å². The molecule has 0 spiro atoms. The van der Waals surface area contributed by atoms with E-state index in [2.05, 4.69) is 10.3 Å². The van der Waals surface area contributed by atoms with Gasteiger partial charge in [-0.1, -0.05) is 6.07 Å². The minimum Gasteiger partial charge on any atom is -0.341 e. The number of pyridine rings is 1. The molecule has 6 heteroatoms. The number of likely N-dealkylation sites (N-methyl/N-ethyl adjacent to an activating group) is 1. The van der Waals surface area contributed by atoms with E-state index in [1.54, 1.807) is 54.7 Å². The van der Waals surface area contributed by atoms with E-state index in [4.69, 9.17) is 0 Å². The molecule has 142 valence electrons. The van der Waals surface area contributed by atoms with E-state index in [0.717, 1.165) is 12.0 Å². The Morgan fingerprint density at radius 3 is 2.36 bits per heavy atom. The van der Waals surface area contributed by atoms with Gasteiger partial charge in [0.05, 0.1) is 0 Å². The van der Waals surface area contributed by atoms with Crippen molar-refractivity contribution in [3.8, 4) is 0 Å². The zero-order chi connectivity index (χ0) is 19.9. The van der Waals surface area contributed by atoms with Crippen molar-refractivity contribution < 1.29 is 14.0 Å². The van der Waals surface area contributed by atoms with Crippen LogP contribution in [0, 0.1) is 5.82 Å². The first-order valence-corrected chi connectivity index (χ1v) is 8.84. The lowest BCUT2D eigenvalue weighted by atomic mass is 10.1. The maximum Gasteiger partial charge on any atom is 0.255 e. The molecule has 1 aromatic heterocycles. The lowest BCUT2D eigenvalue weighted by Crippen LogP contribution is -2.28. The normalized spacial score (nSPS) is 10.4. The van der Waals surface area contributed by atoms with E-state index in [-0.39, 0.29) is 11.8 Å². The van der Waals surface area contributed by atoms with Crippen LogP contribution in [0.25, 0.3) is 0 Å². The van der Waals surface area contributed by atoms with Gasteiger partial charge in [-0.25, -0.2) is 4.39 Å². The van der Waals surface area contributed by atoms with Crippen LogP contribution in [0.1, 0.15) is 26.3 Å². The molecule has 0 atom stereocenters. The third kappa shape index (κ3) is 5.01. The molecule has 1 N–H and O–H groups in total. The number of nitrogens with zero attached hydrogens (tertiary/aromatic N) is 2. The summed E-state index contributed by atoms with van der Waals surface area (Å²) in [5.41, 5.74) is 2.37. The Kier molecular flexibility index (Phi) is 6.11. The molecule has 28 heavy (non-hydrogen) atoms. The Balaban J connectivity index is 1.59. The molecule has 0 aliphatic heterocycles. The van der Waals surface area contributed by atoms with Crippen LogP contribution in [0.15, 0.2) is 73.1 Å². The van der Waals surface area contributed by atoms with Crippen LogP contribution in [0.5, 0.6) is 0 Å². The standard InChI is InChI=1S/C22H20FN3O2/c1-26(14-11-16-9-12-24-13-10-16)22(28)18-7-5-17(6-8-18)21(27)25-20-4-2-3-19(23)15-20/h2-10,12-13,15H,11,14H2,1H3,(H,25,27). The molecule has 5 nitrogen and oxygen atoms in total. The number of hydrogen-bond acceptors (Lipinski definition) is 3. The minimum absolute atomic E-state index is 0.119. The van der Waals surface area contributed by atoms with Gasteiger partial charge < -0.3 is 10.2 Å². The molecule has 1 heterocycles. The van der Waals surface area contributed by atoms with Gasteiger partial charge in [0.1, 0.15) is 5.82 Å². The summed E-state index contributed by atoms with van der Waals surface area (Å²) >= 11 is 0. The van der Waals surface area contributed by atoms with E-state index in [1.807, 2.05) is 12.1 Å². The third-order valence-electron chi connectivity index (χ3n) is 4.31. The van der Waals surface area contributed by atoms with Crippen molar-refractivity contribution in [1.29, 1.82) is 0 Å². The number of halogens is 1. The van der Waals surface area contributed by atoms with Crippen LogP contribution in [0.3, 0.4) is 0 Å². The first-order valence-electron chi connectivity index (χ1n) is 8.84. The molecule has 0 radical (unpaired) electrons. The highest BCUT2D eigenvalue weighted by Crippen LogP contribution is 2.13. The molecule has 3 rings (SSSR count). The van der Waals surface area contributed by atoms with Crippen LogP contribution >= 0.6 is 0 Å². The minimum atomic E-state index is -0.423. The second-order valence-corrected chi connectivity index (χ2v) is 6.37. The lowest BCUT2D eigenvalue weighted by molar-refractivity contribution is 0.0796. The number of hydrogen-bond donors (Lipinski definition) is 1. The number of rotatable bonds is 6. The van der Waals surface area contributed by atoms with Crippen molar-refractivity contribution in [3.05, 3.63) is 95.6 Å². The van der Waals surface area contributed by atoms with E-state index >= 15 is 0 Å². The third-order valence-corrected chi connectivity index (χ3v) is 4.31. The summed E-state index contributed by atoms with van der Waals surface area (Å²) in [7, 11) is 1.74. The highest BCUT2D eigenvalue weighted by atomic mass is 19.1. The van der Waals surface area contributed by atoms with Crippen LogP contribution < -0.4 is 5.32 Å². The van der Waals surface area contributed by atoms with Gasteiger partial charge in [-0.05, 0) is 66.6 Å². The van der Waals surface area contributed by atoms with Gasteiger partial charge in [0.25, 0.3) is 11.8 Å². The molecule has 0 bridgehead atoms. The van der Waals surface area contributed by atoms with E-state index in [9.17, 15) is 14.0 Å². The van der Waals surface area contributed by atoms with E-state index in [1.165, 1.54) is 18.2 Å². The summed E-state index contributed by atoms with van der Waals surface area (Å²) < 4.78 is 13.2. The smallest absolute Gasteiger partial charge is 0.255 e. The average Bonchev–Trinajstić information content (AvgIpc) is 2.72. The van der Waals surface area contributed by atoms with Gasteiger partial charge in [0.15, 0.2) is 0 Å². The number of nitrogens with one attached hydrogen (secondary N) is 1. The first kappa shape index (κ1) is 19.2. The molecule has 0 aliphatic carbocycles.